The highest BCUT2D eigenvalue weighted by molar-refractivity contribution is 5.97. The van der Waals surface area contributed by atoms with Gasteiger partial charge in [-0.3, -0.25) is 4.79 Å². The molecular formula is C17H24N2O. The topological polar surface area (TPSA) is 32.3 Å². The summed E-state index contributed by atoms with van der Waals surface area (Å²) in [5.41, 5.74) is 3.11. The predicted octanol–water partition coefficient (Wildman–Crippen LogP) is 2.66. The zero-order valence-electron chi connectivity index (χ0n) is 12.5. The predicted molar refractivity (Wildman–Crippen MR) is 81.0 cm³/mol. The Morgan fingerprint density at radius 2 is 1.95 bits per heavy atom. The molecule has 20 heavy (non-hydrogen) atoms. The van der Waals surface area contributed by atoms with Crippen LogP contribution in [-0.4, -0.2) is 36.0 Å². The second kappa shape index (κ2) is 5.57. The zero-order valence-corrected chi connectivity index (χ0v) is 12.5. The lowest BCUT2D eigenvalue weighted by Crippen LogP contribution is -2.46. The number of nitrogens with zero attached hydrogens (tertiary/aromatic N) is 1. The van der Waals surface area contributed by atoms with Crippen molar-refractivity contribution >= 4 is 5.91 Å². The van der Waals surface area contributed by atoms with Gasteiger partial charge in [0.25, 0.3) is 5.91 Å². The number of amides is 1. The summed E-state index contributed by atoms with van der Waals surface area (Å²) in [6.45, 7) is 6.10. The van der Waals surface area contributed by atoms with E-state index in [1.54, 1.807) is 0 Å². The average molecular weight is 272 g/mol. The standard InChI is InChI=1S/C17H24N2O/c1-12-6-3-7-13(2)16(12)17(20)19-11-5-9-15(19)14-8-4-10-18-14/h3,6-7,14-15,18H,4-5,8-11H2,1-2H3. The van der Waals surface area contributed by atoms with Crippen molar-refractivity contribution in [2.75, 3.05) is 13.1 Å². The summed E-state index contributed by atoms with van der Waals surface area (Å²) in [7, 11) is 0. The third-order valence-corrected chi connectivity index (χ3v) is 4.82. The van der Waals surface area contributed by atoms with Crippen LogP contribution < -0.4 is 5.32 Å². The Balaban J connectivity index is 1.85. The van der Waals surface area contributed by atoms with E-state index >= 15 is 0 Å². The number of carbonyl (C=O) groups excluding carboxylic acids is 1. The molecule has 1 N–H and O–H groups in total. The van der Waals surface area contributed by atoms with Gasteiger partial charge in [0.2, 0.25) is 0 Å². The number of likely N-dealkylation sites (tertiary alicyclic amines) is 1. The van der Waals surface area contributed by atoms with Gasteiger partial charge in [-0.15, -0.1) is 0 Å². The highest BCUT2D eigenvalue weighted by Crippen LogP contribution is 2.28. The van der Waals surface area contributed by atoms with Crippen molar-refractivity contribution in [1.82, 2.24) is 10.2 Å². The lowest BCUT2D eigenvalue weighted by molar-refractivity contribution is 0.0710. The maximum atomic E-state index is 13.0. The fraction of sp³-hybridized carbons (Fsp3) is 0.588. The maximum Gasteiger partial charge on any atom is 0.254 e. The van der Waals surface area contributed by atoms with E-state index < -0.39 is 0 Å². The minimum atomic E-state index is 0.233. The van der Waals surface area contributed by atoms with Gasteiger partial charge in [0.1, 0.15) is 0 Å². The number of carbonyl (C=O) groups is 1. The molecule has 3 heteroatoms. The Hall–Kier alpha value is -1.35. The van der Waals surface area contributed by atoms with Crippen LogP contribution in [0.25, 0.3) is 0 Å². The minimum absolute atomic E-state index is 0.233. The molecule has 2 saturated heterocycles. The lowest BCUT2D eigenvalue weighted by Gasteiger charge is -2.30. The molecule has 2 aliphatic rings. The first-order chi connectivity index (χ1) is 9.68. The van der Waals surface area contributed by atoms with Crippen LogP contribution in [-0.2, 0) is 0 Å². The molecule has 0 aromatic heterocycles. The molecule has 0 bridgehead atoms. The van der Waals surface area contributed by atoms with E-state index in [2.05, 4.69) is 10.2 Å². The third kappa shape index (κ3) is 2.35. The smallest absolute Gasteiger partial charge is 0.254 e. The van der Waals surface area contributed by atoms with Crippen molar-refractivity contribution < 1.29 is 4.79 Å². The Labute approximate surface area is 121 Å². The van der Waals surface area contributed by atoms with Gasteiger partial charge in [-0.2, -0.15) is 0 Å². The molecule has 2 aliphatic heterocycles. The van der Waals surface area contributed by atoms with Gasteiger partial charge in [0.15, 0.2) is 0 Å². The summed E-state index contributed by atoms with van der Waals surface area (Å²) in [4.78, 5) is 15.1. The molecule has 3 rings (SSSR count). The zero-order chi connectivity index (χ0) is 14.1. The summed E-state index contributed by atoms with van der Waals surface area (Å²) < 4.78 is 0. The van der Waals surface area contributed by atoms with Crippen LogP contribution in [0.5, 0.6) is 0 Å². The van der Waals surface area contributed by atoms with Crippen LogP contribution in [0, 0.1) is 13.8 Å². The van der Waals surface area contributed by atoms with E-state index in [4.69, 9.17) is 0 Å². The van der Waals surface area contributed by atoms with Gasteiger partial charge in [-0.05, 0) is 57.2 Å². The fourth-order valence-corrected chi connectivity index (χ4v) is 3.80. The van der Waals surface area contributed by atoms with E-state index in [1.165, 1.54) is 12.8 Å². The van der Waals surface area contributed by atoms with Gasteiger partial charge < -0.3 is 10.2 Å². The highest BCUT2D eigenvalue weighted by atomic mass is 16.2. The second-order valence-corrected chi connectivity index (χ2v) is 6.18. The molecule has 2 fully saturated rings. The van der Waals surface area contributed by atoms with Crippen LogP contribution in [0.3, 0.4) is 0 Å². The van der Waals surface area contributed by atoms with E-state index in [-0.39, 0.29) is 5.91 Å². The van der Waals surface area contributed by atoms with Crippen molar-refractivity contribution in [2.45, 2.75) is 51.6 Å². The fourth-order valence-electron chi connectivity index (χ4n) is 3.80. The van der Waals surface area contributed by atoms with Crippen LogP contribution >= 0.6 is 0 Å². The molecular weight excluding hydrogens is 248 g/mol. The molecule has 0 saturated carbocycles. The van der Waals surface area contributed by atoms with Crippen LogP contribution in [0.2, 0.25) is 0 Å². The molecule has 1 aromatic rings. The summed E-state index contributed by atoms with van der Waals surface area (Å²) in [6, 6.07) is 7.01. The summed E-state index contributed by atoms with van der Waals surface area (Å²) in [5.74, 6) is 0.233. The highest BCUT2D eigenvalue weighted by Gasteiger charge is 2.36. The molecule has 2 unspecified atom stereocenters. The van der Waals surface area contributed by atoms with Crippen LogP contribution in [0.15, 0.2) is 18.2 Å². The van der Waals surface area contributed by atoms with Gasteiger partial charge in [0.05, 0.1) is 0 Å². The molecule has 0 spiro atoms. The van der Waals surface area contributed by atoms with E-state index in [0.29, 0.717) is 12.1 Å². The van der Waals surface area contributed by atoms with E-state index in [1.807, 2.05) is 32.0 Å². The Kier molecular flexibility index (Phi) is 3.79. The first-order valence-corrected chi connectivity index (χ1v) is 7.79. The van der Waals surface area contributed by atoms with E-state index in [0.717, 1.165) is 42.6 Å². The molecule has 3 nitrogen and oxygen atoms in total. The molecule has 2 heterocycles. The van der Waals surface area contributed by atoms with Gasteiger partial charge in [0, 0.05) is 24.2 Å². The number of rotatable bonds is 2. The van der Waals surface area contributed by atoms with Crippen molar-refractivity contribution in [3.8, 4) is 0 Å². The minimum Gasteiger partial charge on any atom is -0.334 e. The molecule has 0 aliphatic carbocycles. The van der Waals surface area contributed by atoms with Crippen LogP contribution in [0.4, 0.5) is 0 Å². The normalized spacial score (nSPS) is 26.2. The van der Waals surface area contributed by atoms with Gasteiger partial charge >= 0.3 is 0 Å². The van der Waals surface area contributed by atoms with Crippen LogP contribution in [0.1, 0.15) is 47.2 Å². The lowest BCUT2D eigenvalue weighted by atomic mass is 9.99. The number of aryl methyl sites for hydroxylation is 2. The van der Waals surface area contributed by atoms with Crippen molar-refractivity contribution in [3.05, 3.63) is 34.9 Å². The Morgan fingerprint density at radius 3 is 2.60 bits per heavy atom. The number of benzene rings is 1. The molecule has 2 atom stereocenters. The number of hydrogen-bond acceptors (Lipinski definition) is 2. The summed E-state index contributed by atoms with van der Waals surface area (Å²) >= 11 is 0. The van der Waals surface area contributed by atoms with Crippen molar-refractivity contribution in [2.24, 2.45) is 0 Å². The first kappa shape index (κ1) is 13.6. The number of hydrogen-bond donors (Lipinski definition) is 1. The largest absolute Gasteiger partial charge is 0.334 e. The molecule has 108 valence electrons. The monoisotopic (exact) mass is 272 g/mol. The van der Waals surface area contributed by atoms with Gasteiger partial charge in [-0.25, -0.2) is 0 Å². The third-order valence-electron chi connectivity index (χ3n) is 4.82. The van der Waals surface area contributed by atoms with E-state index in [9.17, 15) is 4.79 Å². The second-order valence-electron chi connectivity index (χ2n) is 6.18. The SMILES string of the molecule is Cc1cccc(C)c1C(=O)N1CCCC1C1CCCN1. The molecule has 1 amide bonds. The Bertz CT molecular complexity index is 485. The first-order valence-electron chi connectivity index (χ1n) is 7.79. The van der Waals surface area contributed by atoms with Crippen molar-refractivity contribution in [3.63, 3.8) is 0 Å². The molecule has 0 radical (unpaired) electrons. The summed E-state index contributed by atoms with van der Waals surface area (Å²) in [6.07, 6.45) is 4.74. The number of nitrogens with one attached hydrogen (secondary N) is 1. The maximum absolute atomic E-state index is 13.0. The van der Waals surface area contributed by atoms with Crippen molar-refractivity contribution in [1.29, 1.82) is 0 Å². The molecule has 1 aromatic carbocycles. The average Bonchev–Trinajstić information content (AvgIpc) is 3.09. The Morgan fingerprint density at radius 1 is 1.20 bits per heavy atom. The van der Waals surface area contributed by atoms with Gasteiger partial charge in [-0.1, -0.05) is 18.2 Å². The quantitative estimate of drug-likeness (QED) is 0.897. The summed E-state index contributed by atoms with van der Waals surface area (Å²) in [5, 5.41) is 3.57.